The van der Waals surface area contributed by atoms with Crippen molar-refractivity contribution in [3.63, 3.8) is 0 Å². The predicted molar refractivity (Wildman–Crippen MR) is 59.8 cm³/mol. The molecular weight excluding hydrogens is 302 g/mol. The minimum atomic E-state index is -1.77. The van der Waals surface area contributed by atoms with Gasteiger partial charge in [0, 0.05) is 6.07 Å². The van der Waals surface area contributed by atoms with Gasteiger partial charge in [0.25, 0.3) is 0 Å². The highest BCUT2D eigenvalue weighted by molar-refractivity contribution is 6.52. The molecule has 0 bridgehead atoms. The number of ether oxygens (including phenoxy) is 1. The fraction of sp³-hybridized carbons (Fsp3) is 0. The minimum absolute atomic E-state index is 0.00995. The molecule has 1 rings (SSSR count). The van der Waals surface area contributed by atoms with Gasteiger partial charge in [0.1, 0.15) is 5.02 Å². The Bertz CT molecular complexity index is 472. The number of carboxylic acids is 1. The Hall–Kier alpha value is -0.680. The second-order valence-electron chi connectivity index (χ2n) is 2.49. The third kappa shape index (κ3) is 2.71. The van der Waals surface area contributed by atoms with Gasteiger partial charge in [-0.15, -0.1) is 0 Å². The lowest BCUT2D eigenvalue weighted by atomic mass is 10.3. The lowest BCUT2D eigenvalue weighted by Crippen LogP contribution is -2.19. The van der Waals surface area contributed by atoms with E-state index in [-0.39, 0.29) is 25.8 Å². The fourth-order valence-corrected chi connectivity index (χ4v) is 1.59. The lowest BCUT2D eigenvalue weighted by molar-refractivity contribution is -0.158. The maximum absolute atomic E-state index is 10.8. The standard InChI is InChI=1S/C8H2Cl4O4/c9-2-1-3(16-8(15)7(13)14)5(11)6(12)4(2)10/h1H,(H,13,14). The first-order valence-electron chi connectivity index (χ1n) is 3.62. The number of carbonyl (C=O) groups excluding carboxylic acids is 1. The third-order valence-electron chi connectivity index (χ3n) is 1.45. The van der Waals surface area contributed by atoms with Crippen molar-refractivity contribution >= 4 is 58.3 Å². The highest BCUT2D eigenvalue weighted by atomic mass is 35.5. The normalized spacial score (nSPS) is 10.0. The van der Waals surface area contributed by atoms with Gasteiger partial charge < -0.3 is 9.84 Å². The summed E-state index contributed by atoms with van der Waals surface area (Å²) in [6, 6.07) is 1.10. The molecule has 8 heteroatoms. The van der Waals surface area contributed by atoms with Crippen LogP contribution in [0, 0.1) is 0 Å². The van der Waals surface area contributed by atoms with Crippen LogP contribution in [-0.2, 0) is 9.59 Å². The summed E-state index contributed by atoms with van der Waals surface area (Å²) in [6.07, 6.45) is 0. The molecule has 0 saturated heterocycles. The Balaban J connectivity index is 3.16. The largest absolute Gasteiger partial charge is 0.473 e. The molecule has 0 saturated carbocycles. The van der Waals surface area contributed by atoms with Gasteiger partial charge in [-0.25, -0.2) is 9.59 Å². The molecule has 0 fully saturated rings. The van der Waals surface area contributed by atoms with Crippen molar-refractivity contribution in [2.45, 2.75) is 0 Å². The van der Waals surface area contributed by atoms with Crippen molar-refractivity contribution in [3.05, 3.63) is 26.2 Å². The zero-order chi connectivity index (χ0) is 12.5. The highest BCUT2D eigenvalue weighted by Crippen LogP contribution is 2.41. The second-order valence-corrected chi connectivity index (χ2v) is 4.03. The predicted octanol–water partition coefficient (Wildman–Crippen LogP) is 3.29. The molecule has 0 spiro atoms. The summed E-state index contributed by atoms with van der Waals surface area (Å²) in [4.78, 5) is 21.0. The summed E-state index contributed by atoms with van der Waals surface area (Å²) in [6.45, 7) is 0. The number of benzene rings is 1. The van der Waals surface area contributed by atoms with E-state index in [4.69, 9.17) is 51.5 Å². The van der Waals surface area contributed by atoms with E-state index in [0.29, 0.717) is 0 Å². The van der Waals surface area contributed by atoms with Gasteiger partial charge in [-0.3, -0.25) is 0 Å². The van der Waals surface area contributed by atoms with E-state index >= 15 is 0 Å². The molecule has 0 aliphatic rings. The van der Waals surface area contributed by atoms with Crippen molar-refractivity contribution in [2.75, 3.05) is 0 Å². The number of halogens is 4. The number of carboxylic acid groups (broad SMARTS) is 1. The van der Waals surface area contributed by atoms with Gasteiger partial charge in [0.05, 0.1) is 15.1 Å². The quantitative estimate of drug-likeness (QED) is 0.284. The molecule has 1 N–H and O–H groups in total. The van der Waals surface area contributed by atoms with E-state index in [9.17, 15) is 9.59 Å². The van der Waals surface area contributed by atoms with Crippen LogP contribution in [-0.4, -0.2) is 17.0 Å². The number of hydrogen-bond donors (Lipinski definition) is 1. The Morgan fingerprint density at radius 1 is 1.06 bits per heavy atom. The van der Waals surface area contributed by atoms with Gasteiger partial charge in [-0.1, -0.05) is 46.4 Å². The number of rotatable bonds is 1. The monoisotopic (exact) mass is 302 g/mol. The Labute approximate surface area is 110 Å². The molecule has 1 aromatic rings. The summed E-state index contributed by atoms with van der Waals surface area (Å²) in [5.41, 5.74) is 0. The van der Waals surface area contributed by atoms with Crippen LogP contribution >= 0.6 is 46.4 Å². The summed E-state index contributed by atoms with van der Waals surface area (Å²) in [5, 5.41) is 7.99. The SMILES string of the molecule is O=C(O)C(=O)Oc1cc(Cl)c(Cl)c(Cl)c1Cl. The van der Waals surface area contributed by atoms with Gasteiger partial charge in [-0.2, -0.15) is 0 Å². The molecule has 0 unspecified atom stereocenters. The molecule has 0 aromatic heterocycles. The average Bonchev–Trinajstić information content (AvgIpc) is 2.22. The number of esters is 1. The molecule has 0 aliphatic carbocycles. The van der Waals surface area contributed by atoms with Gasteiger partial charge >= 0.3 is 11.9 Å². The molecule has 0 radical (unpaired) electrons. The van der Waals surface area contributed by atoms with Crippen LogP contribution < -0.4 is 4.74 Å². The van der Waals surface area contributed by atoms with Crippen LogP contribution in [0.1, 0.15) is 0 Å². The zero-order valence-corrected chi connectivity index (χ0v) is 10.3. The van der Waals surface area contributed by atoms with Gasteiger partial charge in [-0.05, 0) is 0 Å². The second kappa shape index (κ2) is 5.10. The molecule has 86 valence electrons. The molecule has 0 aliphatic heterocycles. The Kier molecular flexibility index (Phi) is 4.27. The summed E-state index contributed by atoms with van der Waals surface area (Å²) < 4.78 is 4.43. The van der Waals surface area contributed by atoms with Gasteiger partial charge in [0.2, 0.25) is 0 Å². The van der Waals surface area contributed by atoms with E-state index in [0.717, 1.165) is 6.07 Å². The van der Waals surface area contributed by atoms with Gasteiger partial charge in [0.15, 0.2) is 5.75 Å². The molecular formula is C8H2Cl4O4. The minimum Gasteiger partial charge on any atom is -0.473 e. The van der Waals surface area contributed by atoms with E-state index in [1.807, 2.05) is 0 Å². The maximum atomic E-state index is 10.8. The molecule has 4 nitrogen and oxygen atoms in total. The summed E-state index contributed by atoms with van der Waals surface area (Å²) >= 11 is 22.6. The average molecular weight is 304 g/mol. The Morgan fingerprint density at radius 3 is 2.12 bits per heavy atom. The number of hydrogen-bond acceptors (Lipinski definition) is 3. The van der Waals surface area contributed by atoms with Crippen LogP contribution in [0.5, 0.6) is 5.75 Å². The first-order chi connectivity index (χ1) is 7.34. The van der Waals surface area contributed by atoms with Crippen LogP contribution in [0.3, 0.4) is 0 Å². The molecule has 0 heterocycles. The summed E-state index contributed by atoms with van der Waals surface area (Å²) in [5.74, 6) is -3.54. The van der Waals surface area contributed by atoms with Crippen LogP contribution in [0.4, 0.5) is 0 Å². The van der Waals surface area contributed by atoms with Crippen LogP contribution in [0.2, 0.25) is 20.1 Å². The number of carbonyl (C=O) groups is 2. The lowest BCUT2D eigenvalue weighted by Gasteiger charge is -2.07. The topological polar surface area (TPSA) is 63.6 Å². The fourth-order valence-electron chi connectivity index (χ4n) is 0.769. The highest BCUT2D eigenvalue weighted by Gasteiger charge is 2.20. The Morgan fingerprint density at radius 2 is 1.62 bits per heavy atom. The van der Waals surface area contributed by atoms with Crippen LogP contribution in [0.15, 0.2) is 6.07 Å². The third-order valence-corrected chi connectivity index (χ3v) is 3.18. The van der Waals surface area contributed by atoms with Crippen molar-refractivity contribution in [2.24, 2.45) is 0 Å². The van der Waals surface area contributed by atoms with Crippen molar-refractivity contribution in [1.29, 1.82) is 0 Å². The smallest absolute Gasteiger partial charge is 0.422 e. The van der Waals surface area contributed by atoms with Crippen molar-refractivity contribution in [3.8, 4) is 5.75 Å². The van der Waals surface area contributed by atoms with Crippen molar-refractivity contribution in [1.82, 2.24) is 0 Å². The van der Waals surface area contributed by atoms with E-state index in [1.165, 1.54) is 0 Å². The summed E-state index contributed by atoms with van der Waals surface area (Å²) in [7, 11) is 0. The van der Waals surface area contributed by atoms with E-state index in [1.54, 1.807) is 0 Å². The molecule has 16 heavy (non-hydrogen) atoms. The zero-order valence-electron chi connectivity index (χ0n) is 7.26. The van der Waals surface area contributed by atoms with Crippen molar-refractivity contribution < 1.29 is 19.4 Å². The van der Waals surface area contributed by atoms with E-state index < -0.39 is 11.9 Å². The molecule has 1 aromatic carbocycles. The molecule has 0 amide bonds. The maximum Gasteiger partial charge on any atom is 0.422 e. The first-order valence-corrected chi connectivity index (χ1v) is 5.14. The molecule has 0 atom stereocenters. The first kappa shape index (κ1) is 13.4. The van der Waals surface area contributed by atoms with Crippen LogP contribution in [0.25, 0.3) is 0 Å². The number of aliphatic carboxylic acids is 1. The van der Waals surface area contributed by atoms with E-state index in [2.05, 4.69) is 4.74 Å².